The maximum absolute atomic E-state index is 12.0. The predicted molar refractivity (Wildman–Crippen MR) is 79.6 cm³/mol. The van der Waals surface area contributed by atoms with Crippen LogP contribution in [0.5, 0.6) is 5.75 Å². The lowest BCUT2D eigenvalue weighted by Crippen LogP contribution is -2.17. The van der Waals surface area contributed by atoms with Gasteiger partial charge in [-0.1, -0.05) is 27.5 Å². The quantitative estimate of drug-likeness (QED) is 0.744. The van der Waals surface area contributed by atoms with Crippen molar-refractivity contribution in [2.24, 2.45) is 0 Å². The lowest BCUT2D eigenvalue weighted by atomic mass is 10.2. The molecule has 0 unspecified atom stereocenters. The van der Waals surface area contributed by atoms with E-state index in [-0.39, 0.29) is 5.75 Å². The third-order valence-electron chi connectivity index (χ3n) is 2.58. The Hall–Kier alpha value is -1.40. The number of nitrogens with one attached hydrogen (secondary N) is 1. The Labute approximate surface area is 133 Å². The summed E-state index contributed by atoms with van der Waals surface area (Å²) < 4.78 is 40.8. The van der Waals surface area contributed by atoms with Gasteiger partial charge in [-0.15, -0.1) is 13.2 Å². The highest BCUT2D eigenvalue weighted by atomic mass is 79.9. The first kappa shape index (κ1) is 16.0. The lowest BCUT2D eigenvalue weighted by Gasteiger charge is -2.11. The number of hydrogen-bond acceptors (Lipinski definition) is 2. The third-order valence-corrected chi connectivity index (χ3v) is 3.44. The van der Waals surface area contributed by atoms with Gasteiger partial charge in [-0.2, -0.15) is 0 Å². The molecule has 0 atom stereocenters. The van der Waals surface area contributed by atoms with Crippen molar-refractivity contribution in [2.45, 2.75) is 12.9 Å². The second-order valence-electron chi connectivity index (χ2n) is 4.16. The first-order valence-corrected chi connectivity index (χ1v) is 7.04. The van der Waals surface area contributed by atoms with E-state index in [2.05, 4.69) is 26.0 Å². The van der Waals surface area contributed by atoms with Gasteiger partial charge in [-0.3, -0.25) is 0 Å². The molecule has 2 nitrogen and oxygen atoms in total. The second kappa shape index (κ2) is 6.58. The van der Waals surface area contributed by atoms with Crippen LogP contribution in [0.3, 0.4) is 0 Å². The molecule has 0 fully saturated rings. The van der Waals surface area contributed by atoms with Gasteiger partial charge in [0.25, 0.3) is 0 Å². The minimum atomic E-state index is -4.68. The molecule has 2 rings (SSSR count). The van der Waals surface area contributed by atoms with Crippen LogP contribution < -0.4 is 10.1 Å². The summed E-state index contributed by atoms with van der Waals surface area (Å²) in [4.78, 5) is 0. The van der Waals surface area contributed by atoms with Gasteiger partial charge in [0.05, 0.1) is 0 Å². The number of ether oxygens (including phenoxy) is 1. The standard InChI is InChI=1S/C14H10BrClF3NO/c15-10-1-6-13(16)9(7-10)8-20-11-2-4-12(5-3-11)21-14(17,18)19/h1-7,20H,8H2. The van der Waals surface area contributed by atoms with E-state index in [1.165, 1.54) is 24.3 Å². The monoisotopic (exact) mass is 379 g/mol. The molecule has 2 aromatic rings. The number of alkyl halides is 3. The van der Waals surface area contributed by atoms with Crippen LogP contribution in [0.4, 0.5) is 18.9 Å². The molecular weight excluding hydrogens is 371 g/mol. The first-order valence-electron chi connectivity index (χ1n) is 5.87. The molecule has 0 aliphatic rings. The zero-order chi connectivity index (χ0) is 15.5. The molecule has 0 amide bonds. The minimum Gasteiger partial charge on any atom is -0.406 e. The summed E-state index contributed by atoms with van der Waals surface area (Å²) in [7, 11) is 0. The normalized spacial score (nSPS) is 11.3. The first-order chi connectivity index (χ1) is 9.83. The number of benzene rings is 2. The number of hydrogen-bond donors (Lipinski definition) is 1. The SMILES string of the molecule is FC(F)(F)Oc1ccc(NCc2cc(Br)ccc2Cl)cc1. The van der Waals surface area contributed by atoms with Gasteiger partial charge < -0.3 is 10.1 Å². The summed E-state index contributed by atoms with van der Waals surface area (Å²) in [5.74, 6) is -0.256. The van der Waals surface area contributed by atoms with Gasteiger partial charge in [0.2, 0.25) is 0 Å². The van der Waals surface area contributed by atoms with Crippen molar-refractivity contribution in [1.82, 2.24) is 0 Å². The van der Waals surface area contributed by atoms with Crippen LogP contribution in [0.25, 0.3) is 0 Å². The zero-order valence-electron chi connectivity index (χ0n) is 10.5. The van der Waals surface area contributed by atoms with E-state index < -0.39 is 6.36 Å². The van der Waals surface area contributed by atoms with E-state index in [1.54, 1.807) is 6.07 Å². The fraction of sp³-hybridized carbons (Fsp3) is 0.143. The Bertz CT molecular complexity index is 617. The van der Waals surface area contributed by atoms with Crippen LogP contribution in [-0.2, 0) is 6.54 Å². The number of rotatable bonds is 4. The number of anilines is 1. The van der Waals surface area contributed by atoms with E-state index in [4.69, 9.17) is 11.6 Å². The molecule has 0 radical (unpaired) electrons. The molecule has 0 aromatic heterocycles. The van der Waals surface area contributed by atoms with Crippen LogP contribution in [0.15, 0.2) is 46.9 Å². The van der Waals surface area contributed by atoms with Crippen molar-refractivity contribution in [1.29, 1.82) is 0 Å². The Morgan fingerprint density at radius 2 is 1.76 bits per heavy atom. The summed E-state index contributed by atoms with van der Waals surface area (Å²) in [6.45, 7) is 0.456. The van der Waals surface area contributed by atoms with Gasteiger partial charge in [0, 0.05) is 21.7 Å². The highest BCUT2D eigenvalue weighted by Gasteiger charge is 2.30. The van der Waals surface area contributed by atoms with E-state index in [0.29, 0.717) is 17.3 Å². The Balaban J connectivity index is 1.99. The summed E-state index contributed by atoms with van der Waals surface area (Å²) in [5.41, 5.74) is 1.54. The molecule has 21 heavy (non-hydrogen) atoms. The van der Waals surface area contributed by atoms with Crippen LogP contribution in [0.1, 0.15) is 5.56 Å². The van der Waals surface area contributed by atoms with Crippen molar-refractivity contribution in [3.8, 4) is 5.75 Å². The van der Waals surface area contributed by atoms with Crippen molar-refractivity contribution in [2.75, 3.05) is 5.32 Å². The topological polar surface area (TPSA) is 21.3 Å². The summed E-state index contributed by atoms with van der Waals surface area (Å²) in [6.07, 6.45) is -4.68. The molecule has 0 bridgehead atoms. The highest BCUT2D eigenvalue weighted by Crippen LogP contribution is 2.25. The fourth-order valence-corrected chi connectivity index (χ4v) is 2.24. The molecule has 0 spiro atoms. The molecular formula is C14H10BrClF3NO. The largest absolute Gasteiger partial charge is 0.573 e. The van der Waals surface area contributed by atoms with Gasteiger partial charge in [-0.25, -0.2) is 0 Å². The maximum Gasteiger partial charge on any atom is 0.573 e. The Morgan fingerprint density at radius 1 is 1.10 bits per heavy atom. The highest BCUT2D eigenvalue weighted by molar-refractivity contribution is 9.10. The predicted octanol–water partition coefficient (Wildman–Crippen LogP) is 5.61. The average molecular weight is 381 g/mol. The lowest BCUT2D eigenvalue weighted by molar-refractivity contribution is -0.274. The number of halogens is 5. The average Bonchev–Trinajstić information content (AvgIpc) is 2.40. The van der Waals surface area contributed by atoms with Crippen molar-refractivity contribution in [3.63, 3.8) is 0 Å². The molecule has 0 saturated carbocycles. The molecule has 0 saturated heterocycles. The molecule has 7 heteroatoms. The summed E-state index contributed by atoms with van der Waals surface area (Å²) in [5, 5.41) is 3.69. The van der Waals surface area contributed by atoms with E-state index in [0.717, 1.165) is 10.0 Å². The molecule has 0 heterocycles. The molecule has 0 aliphatic carbocycles. The summed E-state index contributed by atoms with van der Waals surface area (Å²) in [6, 6.07) is 11.0. The van der Waals surface area contributed by atoms with Crippen LogP contribution in [0.2, 0.25) is 5.02 Å². The van der Waals surface area contributed by atoms with Crippen LogP contribution >= 0.6 is 27.5 Å². The van der Waals surface area contributed by atoms with Gasteiger partial charge in [0.15, 0.2) is 0 Å². The van der Waals surface area contributed by atoms with Gasteiger partial charge in [-0.05, 0) is 48.0 Å². The van der Waals surface area contributed by atoms with Crippen molar-refractivity contribution in [3.05, 3.63) is 57.5 Å². The minimum absolute atomic E-state index is 0.256. The Morgan fingerprint density at radius 3 is 2.38 bits per heavy atom. The maximum atomic E-state index is 12.0. The third kappa shape index (κ3) is 5.13. The molecule has 2 aromatic carbocycles. The zero-order valence-corrected chi connectivity index (χ0v) is 12.9. The fourth-order valence-electron chi connectivity index (χ4n) is 1.65. The van der Waals surface area contributed by atoms with Crippen LogP contribution in [0, 0.1) is 0 Å². The summed E-state index contributed by atoms with van der Waals surface area (Å²) >= 11 is 9.40. The van der Waals surface area contributed by atoms with E-state index in [9.17, 15) is 13.2 Å². The smallest absolute Gasteiger partial charge is 0.406 e. The molecule has 1 N–H and O–H groups in total. The van der Waals surface area contributed by atoms with Crippen LogP contribution in [-0.4, -0.2) is 6.36 Å². The van der Waals surface area contributed by atoms with Gasteiger partial charge >= 0.3 is 6.36 Å². The van der Waals surface area contributed by atoms with Crippen molar-refractivity contribution < 1.29 is 17.9 Å². The van der Waals surface area contributed by atoms with Crippen molar-refractivity contribution >= 4 is 33.2 Å². The van der Waals surface area contributed by atoms with Gasteiger partial charge in [0.1, 0.15) is 5.75 Å². The second-order valence-corrected chi connectivity index (χ2v) is 5.48. The van der Waals surface area contributed by atoms with E-state index in [1.807, 2.05) is 12.1 Å². The Kier molecular flexibility index (Phi) is 5.00. The van der Waals surface area contributed by atoms with E-state index >= 15 is 0 Å². The molecule has 112 valence electrons. The molecule has 0 aliphatic heterocycles.